The fraction of sp³-hybridized carbons (Fsp3) is 0.786. The standard InChI is InChI=1S/C28H46O3/c1-18(13-15-27(4,5)31)19(2)23-11-12-24-22(8-7-14-28(23,24)6)10-9-21-16-25(29)20(3)26(30)17-21/h9-10,18-19,23-26,29-31H,3,7-8,11-17H2,1-2,4-6H3/b22-10+/t18-,19-,23?,24?,25-,26-,28-/m1/s1. The number of fused-ring (bicyclic) bond motifs is 1. The van der Waals surface area contributed by atoms with Crippen molar-refractivity contribution in [2.75, 3.05) is 0 Å². The van der Waals surface area contributed by atoms with E-state index in [0.29, 0.717) is 41.6 Å². The second kappa shape index (κ2) is 9.53. The lowest BCUT2D eigenvalue weighted by Gasteiger charge is -2.45. The Hall–Kier alpha value is -0.900. The largest absolute Gasteiger partial charge is 0.390 e. The first-order valence-corrected chi connectivity index (χ1v) is 12.6. The fourth-order valence-corrected chi connectivity index (χ4v) is 6.81. The van der Waals surface area contributed by atoms with Crippen LogP contribution in [0.5, 0.6) is 0 Å². The van der Waals surface area contributed by atoms with Crippen LogP contribution in [0.1, 0.15) is 92.4 Å². The first-order valence-electron chi connectivity index (χ1n) is 12.6. The highest BCUT2D eigenvalue weighted by molar-refractivity contribution is 5.29. The average molecular weight is 431 g/mol. The molecule has 0 aliphatic heterocycles. The number of allylic oxidation sites excluding steroid dienone is 3. The van der Waals surface area contributed by atoms with Gasteiger partial charge in [-0.15, -0.1) is 0 Å². The number of aliphatic hydroxyl groups excluding tert-OH is 2. The van der Waals surface area contributed by atoms with Gasteiger partial charge >= 0.3 is 0 Å². The van der Waals surface area contributed by atoms with E-state index in [1.807, 2.05) is 13.8 Å². The summed E-state index contributed by atoms with van der Waals surface area (Å²) >= 11 is 0. The van der Waals surface area contributed by atoms with Crippen molar-refractivity contribution in [2.45, 2.75) is 110 Å². The first kappa shape index (κ1) is 24.7. The second-order valence-corrected chi connectivity index (χ2v) is 11.9. The van der Waals surface area contributed by atoms with Gasteiger partial charge in [0.2, 0.25) is 0 Å². The van der Waals surface area contributed by atoms with Crippen molar-refractivity contribution in [2.24, 2.45) is 29.1 Å². The maximum atomic E-state index is 10.2. The second-order valence-electron chi connectivity index (χ2n) is 11.9. The van der Waals surface area contributed by atoms with Crippen LogP contribution in [0, 0.1) is 29.1 Å². The Labute approximate surface area is 190 Å². The van der Waals surface area contributed by atoms with Gasteiger partial charge in [0.25, 0.3) is 0 Å². The molecule has 0 bridgehead atoms. The molecule has 0 aromatic rings. The van der Waals surface area contributed by atoms with Gasteiger partial charge in [-0.05, 0) is 106 Å². The Kier molecular flexibility index (Phi) is 7.61. The molecule has 0 aromatic carbocycles. The summed E-state index contributed by atoms with van der Waals surface area (Å²) in [6, 6.07) is 0. The highest BCUT2D eigenvalue weighted by Gasteiger charge is 2.51. The minimum atomic E-state index is -0.618. The summed E-state index contributed by atoms with van der Waals surface area (Å²) in [5.74, 6) is 2.69. The van der Waals surface area contributed by atoms with E-state index in [1.165, 1.54) is 32.1 Å². The number of aliphatic hydroxyl groups is 3. The zero-order valence-corrected chi connectivity index (χ0v) is 20.5. The van der Waals surface area contributed by atoms with Crippen molar-refractivity contribution in [3.05, 3.63) is 35.5 Å². The predicted octanol–water partition coefficient (Wildman–Crippen LogP) is 5.95. The van der Waals surface area contributed by atoms with Gasteiger partial charge in [-0.1, -0.05) is 50.6 Å². The summed E-state index contributed by atoms with van der Waals surface area (Å²) in [7, 11) is 0. The molecule has 176 valence electrons. The van der Waals surface area contributed by atoms with Crippen molar-refractivity contribution in [3.8, 4) is 0 Å². The van der Waals surface area contributed by atoms with E-state index in [2.05, 4.69) is 39.5 Å². The van der Waals surface area contributed by atoms with E-state index in [-0.39, 0.29) is 0 Å². The molecule has 0 radical (unpaired) electrons. The molecule has 2 unspecified atom stereocenters. The highest BCUT2D eigenvalue weighted by atomic mass is 16.3. The third-order valence-electron chi connectivity index (χ3n) is 9.08. The third kappa shape index (κ3) is 5.54. The van der Waals surface area contributed by atoms with Crippen LogP contribution in [0.15, 0.2) is 35.5 Å². The van der Waals surface area contributed by atoms with E-state index < -0.39 is 17.8 Å². The molecule has 31 heavy (non-hydrogen) atoms. The lowest BCUT2D eigenvalue weighted by atomic mass is 9.59. The molecule has 3 nitrogen and oxygen atoms in total. The minimum absolute atomic E-state index is 0.366. The Morgan fingerprint density at radius 2 is 1.77 bits per heavy atom. The summed E-state index contributed by atoms with van der Waals surface area (Å²) < 4.78 is 0. The van der Waals surface area contributed by atoms with E-state index >= 15 is 0 Å². The minimum Gasteiger partial charge on any atom is -0.390 e. The zero-order valence-electron chi connectivity index (χ0n) is 20.5. The van der Waals surface area contributed by atoms with Crippen molar-refractivity contribution >= 4 is 0 Å². The van der Waals surface area contributed by atoms with Crippen LogP contribution in [0.4, 0.5) is 0 Å². The molecule has 3 N–H and O–H groups in total. The molecular formula is C28H46O3. The SMILES string of the molecule is C=C1[C@H](O)CC(=C/C=C2\CCC[C@@]3(C)C2CCC3[C@H](C)[C@H](C)CCC(C)(C)O)C[C@H]1O. The van der Waals surface area contributed by atoms with E-state index in [4.69, 9.17) is 0 Å². The maximum Gasteiger partial charge on any atom is 0.0809 e. The van der Waals surface area contributed by atoms with Crippen LogP contribution >= 0.6 is 0 Å². The van der Waals surface area contributed by atoms with Gasteiger partial charge < -0.3 is 15.3 Å². The molecule has 3 rings (SSSR count). The molecule has 3 aliphatic rings. The fourth-order valence-electron chi connectivity index (χ4n) is 6.81. The molecule has 0 spiro atoms. The molecular weight excluding hydrogens is 384 g/mol. The van der Waals surface area contributed by atoms with Gasteiger partial charge in [-0.3, -0.25) is 0 Å². The van der Waals surface area contributed by atoms with Crippen molar-refractivity contribution in [1.82, 2.24) is 0 Å². The number of hydrogen-bond donors (Lipinski definition) is 3. The Balaban J connectivity index is 1.71. The third-order valence-corrected chi connectivity index (χ3v) is 9.08. The average Bonchev–Trinajstić information content (AvgIpc) is 3.04. The summed E-state index contributed by atoms with van der Waals surface area (Å²) in [6.45, 7) is 15.0. The van der Waals surface area contributed by atoms with Crippen LogP contribution in [0.3, 0.4) is 0 Å². The van der Waals surface area contributed by atoms with Gasteiger partial charge in [0, 0.05) is 0 Å². The Bertz CT molecular complexity index is 696. The van der Waals surface area contributed by atoms with E-state index in [1.54, 1.807) is 5.57 Å². The van der Waals surface area contributed by atoms with Crippen molar-refractivity contribution in [1.29, 1.82) is 0 Å². The van der Waals surface area contributed by atoms with Crippen LogP contribution < -0.4 is 0 Å². The lowest BCUT2D eigenvalue weighted by molar-refractivity contribution is 0.0447. The van der Waals surface area contributed by atoms with Gasteiger partial charge in [0.1, 0.15) is 0 Å². The molecule has 7 atom stereocenters. The smallest absolute Gasteiger partial charge is 0.0809 e. The van der Waals surface area contributed by atoms with Crippen LogP contribution in [0.2, 0.25) is 0 Å². The zero-order chi connectivity index (χ0) is 23.0. The summed E-state index contributed by atoms with van der Waals surface area (Å²) in [5.41, 5.74) is 3.06. The maximum absolute atomic E-state index is 10.2. The molecule has 3 heteroatoms. The van der Waals surface area contributed by atoms with Gasteiger partial charge in [0.15, 0.2) is 0 Å². The highest BCUT2D eigenvalue weighted by Crippen LogP contribution is 2.60. The molecule has 0 heterocycles. The predicted molar refractivity (Wildman–Crippen MR) is 129 cm³/mol. The first-order chi connectivity index (χ1) is 14.4. The summed E-state index contributed by atoms with van der Waals surface area (Å²) in [4.78, 5) is 0. The van der Waals surface area contributed by atoms with Gasteiger partial charge in [-0.25, -0.2) is 0 Å². The summed E-state index contributed by atoms with van der Waals surface area (Å²) in [6.07, 6.45) is 12.8. The van der Waals surface area contributed by atoms with Gasteiger partial charge in [-0.2, -0.15) is 0 Å². The van der Waals surface area contributed by atoms with E-state index in [9.17, 15) is 15.3 Å². The van der Waals surface area contributed by atoms with Crippen LogP contribution in [-0.2, 0) is 0 Å². The topological polar surface area (TPSA) is 60.7 Å². The summed E-state index contributed by atoms with van der Waals surface area (Å²) in [5, 5.41) is 30.5. The molecule has 3 aliphatic carbocycles. The Morgan fingerprint density at radius 3 is 2.39 bits per heavy atom. The van der Waals surface area contributed by atoms with Crippen LogP contribution in [0.25, 0.3) is 0 Å². The molecule has 3 saturated carbocycles. The lowest BCUT2D eigenvalue weighted by Crippen LogP contribution is -2.37. The number of rotatable bonds is 6. The van der Waals surface area contributed by atoms with Crippen molar-refractivity contribution in [3.63, 3.8) is 0 Å². The normalized spacial score (nSPS) is 37.6. The number of hydrogen-bond acceptors (Lipinski definition) is 3. The van der Waals surface area contributed by atoms with Gasteiger partial charge in [0.05, 0.1) is 17.8 Å². The van der Waals surface area contributed by atoms with E-state index in [0.717, 1.165) is 24.3 Å². The molecule has 3 fully saturated rings. The monoisotopic (exact) mass is 430 g/mol. The molecule has 0 aromatic heterocycles. The molecule has 0 amide bonds. The van der Waals surface area contributed by atoms with Crippen molar-refractivity contribution < 1.29 is 15.3 Å². The molecule has 0 saturated heterocycles. The Morgan fingerprint density at radius 1 is 1.13 bits per heavy atom. The van der Waals surface area contributed by atoms with Crippen LogP contribution in [-0.4, -0.2) is 33.1 Å². The quantitative estimate of drug-likeness (QED) is 0.456.